The van der Waals surface area contributed by atoms with E-state index in [1.807, 2.05) is 43.3 Å². The van der Waals surface area contributed by atoms with Crippen molar-refractivity contribution in [2.24, 2.45) is 0 Å². The Hall–Kier alpha value is -2.26. The van der Waals surface area contributed by atoms with Gasteiger partial charge in [0, 0.05) is 10.6 Å². The normalized spacial score (nSPS) is 13.2. The topological polar surface area (TPSA) is 39.4 Å². The van der Waals surface area contributed by atoms with E-state index in [2.05, 4.69) is 0 Å². The lowest BCUT2D eigenvalue weighted by Gasteiger charge is -2.13. The summed E-state index contributed by atoms with van der Waals surface area (Å²) < 4.78 is 11.6. The highest BCUT2D eigenvalue weighted by Crippen LogP contribution is 2.35. The van der Waals surface area contributed by atoms with E-state index < -0.39 is 0 Å². The van der Waals surface area contributed by atoms with Crippen LogP contribution in [0.1, 0.15) is 28.7 Å². The van der Waals surface area contributed by atoms with E-state index in [1.165, 1.54) is 0 Å². The Balaban J connectivity index is 1.78. The van der Waals surface area contributed by atoms with E-state index >= 15 is 0 Å². The summed E-state index contributed by atoms with van der Waals surface area (Å²) in [6, 6.07) is 11.5. The van der Waals surface area contributed by atoms with Crippen LogP contribution in [0.4, 0.5) is 0 Å². The molecule has 0 radical (unpaired) electrons. The summed E-state index contributed by atoms with van der Waals surface area (Å²) in [4.78, 5) is 12.1. The van der Waals surface area contributed by atoms with Crippen LogP contribution in [0.5, 0.6) is 5.75 Å². The average Bonchev–Trinajstić information content (AvgIpc) is 3.04. The molecule has 4 rings (SSSR count). The van der Waals surface area contributed by atoms with Crippen LogP contribution in [-0.4, -0.2) is 0 Å². The van der Waals surface area contributed by atoms with Crippen molar-refractivity contribution < 1.29 is 9.15 Å². The zero-order valence-electron chi connectivity index (χ0n) is 13.4. The van der Waals surface area contributed by atoms with Gasteiger partial charge in [-0.25, -0.2) is 4.79 Å². The van der Waals surface area contributed by atoms with Crippen molar-refractivity contribution in [1.29, 1.82) is 0 Å². The Labute approximate surface area is 144 Å². The highest BCUT2D eigenvalue weighted by molar-refractivity contribution is 6.30. The smallest absolute Gasteiger partial charge is 0.339 e. The molecule has 0 aliphatic heterocycles. The van der Waals surface area contributed by atoms with Crippen LogP contribution in [0.15, 0.2) is 45.6 Å². The Morgan fingerprint density at radius 3 is 2.67 bits per heavy atom. The summed E-state index contributed by atoms with van der Waals surface area (Å²) in [5.74, 6) is 0.779. The standard InChI is InChI=1S/C20H17ClO3/c1-12-9-17(23-11-13-5-7-14(21)8-6-13)19-15-3-2-4-16(15)20(22)24-18(19)10-12/h5-10H,2-4,11H2,1H3. The molecule has 0 atom stereocenters. The van der Waals surface area contributed by atoms with E-state index in [0.29, 0.717) is 17.2 Å². The predicted molar refractivity (Wildman–Crippen MR) is 95.0 cm³/mol. The molecule has 0 saturated carbocycles. The number of ether oxygens (including phenoxy) is 1. The average molecular weight is 341 g/mol. The van der Waals surface area contributed by atoms with Gasteiger partial charge in [-0.2, -0.15) is 0 Å². The van der Waals surface area contributed by atoms with Crippen LogP contribution >= 0.6 is 11.6 Å². The number of aryl methyl sites for hydroxylation is 2. The van der Waals surface area contributed by atoms with E-state index in [0.717, 1.165) is 52.7 Å². The van der Waals surface area contributed by atoms with Crippen LogP contribution in [-0.2, 0) is 19.4 Å². The maximum absolute atomic E-state index is 12.1. The zero-order valence-corrected chi connectivity index (χ0v) is 14.2. The molecule has 0 unspecified atom stereocenters. The number of fused-ring (bicyclic) bond motifs is 3. The molecule has 4 heteroatoms. The molecule has 24 heavy (non-hydrogen) atoms. The molecule has 1 aromatic heterocycles. The van der Waals surface area contributed by atoms with Crippen LogP contribution in [0.3, 0.4) is 0 Å². The summed E-state index contributed by atoms with van der Waals surface area (Å²) in [6.45, 7) is 2.42. The summed E-state index contributed by atoms with van der Waals surface area (Å²) in [7, 11) is 0. The Morgan fingerprint density at radius 2 is 1.88 bits per heavy atom. The molecular weight excluding hydrogens is 324 g/mol. The first-order valence-electron chi connectivity index (χ1n) is 8.08. The number of hydrogen-bond acceptors (Lipinski definition) is 3. The van der Waals surface area contributed by atoms with Gasteiger partial charge in [-0.1, -0.05) is 23.7 Å². The zero-order chi connectivity index (χ0) is 16.7. The van der Waals surface area contributed by atoms with Gasteiger partial charge >= 0.3 is 5.63 Å². The fraction of sp³-hybridized carbons (Fsp3) is 0.250. The first-order valence-corrected chi connectivity index (χ1v) is 8.46. The summed E-state index contributed by atoms with van der Waals surface area (Å²) in [5.41, 5.74) is 4.36. The maximum Gasteiger partial charge on any atom is 0.339 e. The van der Waals surface area contributed by atoms with Gasteiger partial charge in [0.05, 0.1) is 5.39 Å². The quantitative estimate of drug-likeness (QED) is 0.641. The van der Waals surface area contributed by atoms with Crippen molar-refractivity contribution >= 4 is 22.6 Å². The third-order valence-electron chi connectivity index (χ3n) is 4.49. The Morgan fingerprint density at radius 1 is 1.12 bits per heavy atom. The lowest BCUT2D eigenvalue weighted by molar-refractivity contribution is 0.309. The molecule has 122 valence electrons. The van der Waals surface area contributed by atoms with E-state index in [-0.39, 0.29) is 5.63 Å². The third kappa shape index (κ3) is 2.69. The van der Waals surface area contributed by atoms with Crippen LogP contribution in [0.2, 0.25) is 5.02 Å². The molecular formula is C20H17ClO3. The van der Waals surface area contributed by atoms with Gasteiger partial charge in [0.1, 0.15) is 17.9 Å². The van der Waals surface area contributed by atoms with Gasteiger partial charge in [-0.3, -0.25) is 0 Å². The molecule has 1 aliphatic rings. The van der Waals surface area contributed by atoms with E-state index in [1.54, 1.807) is 0 Å². The second-order valence-electron chi connectivity index (χ2n) is 6.25. The molecule has 1 aliphatic carbocycles. The molecule has 3 aromatic rings. The fourth-order valence-electron chi connectivity index (χ4n) is 3.36. The van der Waals surface area contributed by atoms with Gasteiger partial charge in [-0.05, 0) is 67.1 Å². The van der Waals surface area contributed by atoms with Crippen molar-refractivity contribution in [3.8, 4) is 5.75 Å². The van der Waals surface area contributed by atoms with E-state index in [4.69, 9.17) is 20.8 Å². The van der Waals surface area contributed by atoms with Gasteiger partial charge < -0.3 is 9.15 Å². The summed E-state index contributed by atoms with van der Waals surface area (Å²) in [6.07, 6.45) is 2.68. The molecule has 0 spiro atoms. The molecule has 0 fully saturated rings. The van der Waals surface area contributed by atoms with Gasteiger partial charge in [0.15, 0.2) is 0 Å². The molecule has 3 nitrogen and oxygen atoms in total. The second-order valence-corrected chi connectivity index (χ2v) is 6.69. The van der Waals surface area contributed by atoms with Crippen LogP contribution < -0.4 is 10.4 Å². The maximum atomic E-state index is 12.1. The molecule has 1 heterocycles. The number of halogens is 1. The van der Waals surface area contributed by atoms with Crippen molar-refractivity contribution in [1.82, 2.24) is 0 Å². The van der Waals surface area contributed by atoms with Gasteiger partial charge in [0.25, 0.3) is 0 Å². The summed E-state index contributed by atoms with van der Waals surface area (Å²) >= 11 is 5.92. The number of benzene rings is 2. The monoisotopic (exact) mass is 340 g/mol. The molecule has 2 aromatic carbocycles. The minimum absolute atomic E-state index is 0.204. The van der Waals surface area contributed by atoms with Crippen LogP contribution in [0, 0.1) is 6.92 Å². The molecule has 0 amide bonds. The first-order chi connectivity index (χ1) is 11.6. The van der Waals surface area contributed by atoms with Crippen molar-refractivity contribution in [2.45, 2.75) is 32.8 Å². The Kier molecular flexibility index (Phi) is 3.81. The van der Waals surface area contributed by atoms with Crippen LogP contribution in [0.25, 0.3) is 11.0 Å². The lowest BCUT2D eigenvalue weighted by atomic mass is 10.0. The lowest BCUT2D eigenvalue weighted by Crippen LogP contribution is -2.08. The largest absolute Gasteiger partial charge is 0.488 e. The highest BCUT2D eigenvalue weighted by Gasteiger charge is 2.22. The molecule has 0 bridgehead atoms. The minimum atomic E-state index is -0.204. The molecule has 0 N–H and O–H groups in total. The highest BCUT2D eigenvalue weighted by atomic mass is 35.5. The van der Waals surface area contributed by atoms with E-state index in [9.17, 15) is 4.79 Å². The number of rotatable bonds is 3. The fourth-order valence-corrected chi connectivity index (χ4v) is 3.49. The SMILES string of the molecule is Cc1cc(OCc2ccc(Cl)cc2)c2c3c(c(=O)oc2c1)CCC3. The van der Waals surface area contributed by atoms with Crippen molar-refractivity contribution in [3.63, 3.8) is 0 Å². The second kappa shape index (κ2) is 5.99. The van der Waals surface area contributed by atoms with Gasteiger partial charge in [-0.15, -0.1) is 0 Å². The number of hydrogen-bond donors (Lipinski definition) is 0. The Bertz CT molecular complexity index is 971. The third-order valence-corrected chi connectivity index (χ3v) is 4.74. The minimum Gasteiger partial charge on any atom is -0.488 e. The van der Waals surface area contributed by atoms with Gasteiger partial charge in [0.2, 0.25) is 0 Å². The summed E-state index contributed by atoms with van der Waals surface area (Å²) in [5, 5.41) is 1.65. The van der Waals surface area contributed by atoms with Crippen molar-refractivity contribution in [2.75, 3.05) is 0 Å². The predicted octanol–water partition coefficient (Wildman–Crippen LogP) is 4.82. The van der Waals surface area contributed by atoms with Crippen molar-refractivity contribution in [3.05, 3.63) is 74.1 Å². The first kappa shape index (κ1) is 15.3. The molecule has 0 saturated heterocycles.